The fourth-order valence-electron chi connectivity index (χ4n) is 4.13. The summed E-state index contributed by atoms with van der Waals surface area (Å²) in [7, 11) is 0. The monoisotopic (exact) mass is 388 g/mol. The summed E-state index contributed by atoms with van der Waals surface area (Å²) in [5.74, 6) is -1.82. The maximum Gasteiger partial charge on any atom is 0.335 e. The molecule has 28 heavy (non-hydrogen) atoms. The SMILES string of the molecule is C=C[C@H](c1ccc(C(=O)O)cc1)[C@H]1[C@@H](O)CC(O)[C@@H]1/C=C/C(O)CCCCC. The Morgan fingerprint density at radius 1 is 1.21 bits per heavy atom. The highest BCUT2D eigenvalue weighted by Crippen LogP contribution is 2.43. The van der Waals surface area contributed by atoms with Crippen LogP contribution in [0.15, 0.2) is 49.1 Å². The Bertz CT molecular complexity index is 666. The van der Waals surface area contributed by atoms with Crippen LogP contribution in [0, 0.1) is 11.8 Å². The number of carboxylic acids is 1. The van der Waals surface area contributed by atoms with E-state index in [1.165, 1.54) is 12.1 Å². The van der Waals surface area contributed by atoms with E-state index < -0.39 is 24.3 Å². The number of aliphatic hydroxyl groups is 3. The third-order valence-electron chi connectivity index (χ3n) is 5.69. The van der Waals surface area contributed by atoms with E-state index in [1.54, 1.807) is 24.3 Å². The van der Waals surface area contributed by atoms with Gasteiger partial charge < -0.3 is 20.4 Å². The molecule has 1 fully saturated rings. The van der Waals surface area contributed by atoms with Crippen molar-refractivity contribution in [3.63, 3.8) is 0 Å². The predicted octanol–water partition coefficient (Wildman–Crippen LogP) is 3.51. The summed E-state index contributed by atoms with van der Waals surface area (Å²) in [4.78, 5) is 11.1. The molecule has 0 bridgehead atoms. The highest BCUT2D eigenvalue weighted by Gasteiger charge is 2.44. The van der Waals surface area contributed by atoms with Crippen molar-refractivity contribution in [1.82, 2.24) is 0 Å². The average molecular weight is 389 g/mol. The first-order valence-electron chi connectivity index (χ1n) is 10.1. The Hall–Kier alpha value is -1.95. The molecule has 1 saturated carbocycles. The molecule has 4 N–H and O–H groups in total. The van der Waals surface area contributed by atoms with Crippen molar-refractivity contribution in [3.8, 4) is 0 Å². The zero-order valence-electron chi connectivity index (χ0n) is 16.4. The molecule has 0 saturated heterocycles. The Labute approximate surface area is 167 Å². The number of aromatic carboxylic acids is 1. The summed E-state index contributed by atoms with van der Waals surface area (Å²) in [5.41, 5.74) is 1.05. The number of rotatable bonds is 10. The van der Waals surface area contributed by atoms with Gasteiger partial charge in [-0.3, -0.25) is 0 Å². The minimum atomic E-state index is -0.990. The standard InChI is InChI=1S/C23H32O5/c1-3-5-6-7-17(24)12-13-19-20(25)14-21(26)22(19)18(4-2)15-8-10-16(11-9-15)23(27)28/h4,8-13,17-22,24-26H,2-3,5-7,14H2,1H3,(H,27,28)/b13-12+/t17?,18-,19+,20?,21+,22-/m1/s1. The molecule has 1 aliphatic carbocycles. The lowest BCUT2D eigenvalue weighted by Crippen LogP contribution is -2.26. The quantitative estimate of drug-likeness (QED) is 0.363. The molecule has 5 nitrogen and oxygen atoms in total. The van der Waals surface area contributed by atoms with E-state index in [4.69, 9.17) is 5.11 Å². The van der Waals surface area contributed by atoms with Crippen LogP contribution in [-0.2, 0) is 0 Å². The van der Waals surface area contributed by atoms with Crippen LogP contribution in [0.4, 0.5) is 0 Å². The van der Waals surface area contributed by atoms with Crippen LogP contribution in [0.25, 0.3) is 0 Å². The Kier molecular flexibility index (Phi) is 8.42. The van der Waals surface area contributed by atoms with Crippen molar-refractivity contribution in [2.75, 3.05) is 0 Å². The Morgan fingerprint density at radius 2 is 1.89 bits per heavy atom. The molecule has 0 spiro atoms. The molecular weight excluding hydrogens is 356 g/mol. The molecule has 2 rings (SSSR count). The molecule has 1 aromatic rings. The van der Waals surface area contributed by atoms with Gasteiger partial charge >= 0.3 is 5.97 Å². The molecule has 0 aliphatic heterocycles. The number of carboxylic acid groups (broad SMARTS) is 1. The van der Waals surface area contributed by atoms with E-state index in [0.717, 1.165) is 24.8 Å². The van der Waals surface area contributed by atoms with Crippen molar-refractivity contribution >= 4 is 5.97 Å². The van der Waals surface area contributed by atoms with Crippen LogP contribution >= 0.6 is 0 Å². The second-order valence-electron chi connectivity index (χ2n) is 7.66. The van der Waals surface area contributed by atoms with Crippen molar-refractivity contribution in [2.24, 2.45) is 11.8 Å². The fourth-order valence-corrected chi connectivity index (χ4v) is 4.13. The zero-order valence-corrected chi connectivity index (χ0v) is 16.4. The minimum Gasteiger partial charge on any atom is -0.478 e. The second kappa shape index (κ2) is 10.6. The highest BCUT2D eigenvalue weighted by molar-refractivity contribution is 5.87. The van der Waals surface area contributed by atoms with Gasteiger partial charge in [0.25, 0.3) is 0 Å². The van der Waals surface area contributed by atoms with Gasteiger partial charge in [-0.2, -0.15) is 0 Å². The molecule has 1 aromatic carbocycles. The lowest BCUT2D eigenvalue weighted by atomic mass is 9.78. The maximum atomic E-state index is 11.1. The molecular formula is C23H32O5. The van der Waals surface area contributed by atoms with Crippen LogP contribution in [0.3, 0.4) is 0 Å². The van der Waals surface area contributed by atoms with Crippen molar-refractivity contribution in [1.29, 1.82) is 0 Å². The molecule has 154 valence electrons. The van der Waals surface area contributed by atoms with Crippen molar-refractivity contribution < 1.29 is 25.2 Å². The van der Waals surface area contributed by atoms with Crippen LogP contribution in [0.5, 0.6) is 0 Å². The summed E-state index contributed by atoms with van der Waals surface area (Å²) < 4.78 is 0. The highest BCUT2D eigenvalue weighted by atomic mass is 16.4. The van der Waals surface area contributed by atoms with E-state index >= 15 is 0 Å². The molecule has 1 aliphatic rings. The van der Waals surface area contributed by atoms with E-state index in [0.29, 0.717) is 6.42 Å². The molecule has 0 aromatic heterocycles. The summed E-state index contributed by atoms with van der Waals surface area (Å²) in [6, 6.07) is 6.53. The number of unbranched alkanes of at least 4 members (excludes halogenated alkanes) is 2. The Balaban J connectivity index is 2.18. The van der Waals surface area contributed by atoms with E-state index in [2.05, 4.69) is 13.5 Å². The number of benzene rings is 1. The first-order chi connectivity index (χ1) is 13.4. The minimum absolute atomic E-state index is 0.199. The van der Waals surface area contributed by atoms with Gasteiger partial charge in [0, 0.05) is 24.2 Å². The summed E-state index contributed by atoms with van der Waals surface area (Å²) in [5, 5.41) is 40.3. The lowest BCUT2D eigenvalue weighted by molar-refractivity contribution is 0.0696. The van der Waals surface area contributed by atoms with Gasteiger partial charge in [0.2, 0.25) is 0 Å². The average Bonchev–Trinajstić information content (AvgIpc) is 2.95. The van der Waals surface area contributed by atoms with Gasteiger partial charge in [-0.25, -0.2) is 4.79 Å². The van der Waals surface area contributed by atoms with E-state index in [1.807, 2.05) is 6.08 Å². The summed E-state index contributed by atoms with van der Waals surface area (Å²) in [6.45, 7) is 6.01. The van der Waals surface area contributed by atoms with Crippen LogP contribution in [0.1, 0.15) is 60.9 Å². The van der Waals surface area contributed by atoms with Crippen LogP contribution in [0.2, 0.25) is 0 Å². The zero-order chi connectivity index (χ0) is 20.7. The van der Waals surface area contributed by atoms with Crippen molar-refractivity contribution in [2.45, 2.75) is 63.3 Å². The van der Waals surface area contributed by atoms with Gasteiger partial charge in [-0.15, -0.1) is 6.58 Å². The normalized spacial score (nSPS) is 27.0. The number of hydrogen-bond donors (Lipinski definition) is 4. The lowest BCUT2D eigenvalue weighted by Gasteiger charge is -2.28. The predicted molar refractivity (Wildman–Crippen MR) is 109 cm³/mol. The number of allylic oxidation sites excluding steroid dienone is 1. The van der Waals surface area contributed by atoms with Crippen LogP contribution in [-0.4, -0.2) is 44.7 Å². The summed E-state index contributed by atoms with van der Waals surface area (Å²) in [6.07, 6.45) is 7.39. The van der Waals surface area contributed by atoms with E-state index in [9.17, 15) is 20.1 Å². The van der Waals surface area contributed by atoms with Gasteiger partial charge in [0.05, 0.1) is 23.9 Å². The van der Waals surface area contributed by atoms with Gasteiger partial charge in [0.15, 0.2) is 0 Å². The number of aliphatic hydroxyl groups excluding tert-OH is 3. The maximum absolute atomic E-state index is 11.1. The molecule has 2 unspecified atom stereocenters. The molecule has 6 atom stereocenters. The smallest absolute Gasteiger partial charge is 0.335 e. The fraction of sp³-hybridized carbons (Fsp3) is 0.522. The van der Waals surface area contributed by atoms with Gasteiger partial charge in [0.1, 0.15) is 0 Å². The largest absolute Gasteiger partial charge is 0.478 e. The summed E-state index contributed by atoms with van der Waals surface area (Å²) >= 11 is 0. The topological polar surface area (TPSA) is 98.0 Å². The number of hydrogen-bond acceptors (Lipinski definition) is 4. The van der Waals surface area contributed by atoms with Crippen molar-refractivity contribution in [3.05, 3.63) is 60.2 Å². The second-order valence-corrected chi connectivity index (χ2v) is 7.66. The third kappa shape index (κ3) is 5.53. The molecule has 0 amide bonds. The number of carbonyl (C=O) groups is 1. The van der Waals surface area contributed by atoms with Crippen LogP contribution < -0.4 is 0 Å². The third-order valence-corrected chi connectivity index (χ3v) is 5.69. The molecule has 0 radical (unpaired) electrons. The molecule has 5 heteroatoms. The van der Waals surface area contributed by atoms with Gasteiger partial charge in [-0.05, 0) is 24.1 Å². The Morgan fingerprint density at radius 3 is 2.46 bits per heavy atom. The van der Waals surface area contributed by atoms with E-state index in [-0.39, 0.29) is 29.7 Å². The first kappa shape index (κ1) is 22.3. The van der Waals surface area contributed by atoms with Gasteiger partial charge in [-0.1, -0.05) is 56.5 Å². The first-order valence-corrected chi connectivity index (χ1v) is 10.1. The molecule has 0 heterocycles.